The van der Waals surface area contributed by atoms with Crippen molar-refractivity contribution < 1.29 is 0 Å². The maximum absolute atomic E-state index is 5.74. The molecule has 0 saturated heterocycles. The Kier molecular flexibility index (Phi) is 4.33. The van der Waals surface area contributed by atoms with Gasteiger partial charge in [-0.3, -0.25) is 0 Å². The summed E-state index contributed by atoms with van der Waals surface area (Å²) in [5.41, 5.74) is 1.94. The second kappa shape index (κ2) is 5.30. The summed E-state index contributed by atoms with van der Waals surface area (Å²) < 4.78 is 0. The molecule has 14 heavy (non-hydrogen) atoms. The van der Waals surface area contributed by atoms with Gasteiger partial charge in [0.25, 0.3) is 0 Å². The Morgan fingerprint density at radius 2 is 2.07 bits per heavy atom. The first-order chi connectivity index (χ1) is 6.61. The van der Waals surface area contributed by atoms with Gasteiger partial charge in [-0.1, -0.05) is 13.8 Å². The van der Waals surface area contributed by atoms with E-state index in [2.05, 4.69) is 23.8 Å². The fourth-order valence-electron chi connectivity index (χ4n) is 1.30. The first-order valence-electron chi connectivity index (χ1n) is 5.01. The molecule has 0 atom stereocenters. The molecule has 0 aliphatic heterocycles. The summed E-state index contributed by atoms with van der Waals surface area (Å²) in [6.07, 6.45) is 2.08. The lowest BCUT2D eigenvalue weighted by molar-refractivity contribution is 0.573. The Morgan fingerprint density at radius 3 is 2.64 bits per heavy atom. The molecule has 2 nitrogen and oxygen atoms in total. The third-order valence-electron chi connectivity index (χ3n) is 2.04. The lowest BCUT2D eigenvalue weighted by atomic mass is 10.1. The molecular formula is C11H17ClN2. The average Bonchev–Trinajstić information content (AvgIpc) is 2.14. The van der Waals surface area contributed by atoms with Crippen LogP contribution in [0, 0.1) is 12.8 Å². The molecule has 78 valence electrons. The van der Waals surface area contributed by atoms with E-state index < -0.39 is 0 Å². The van der Waals surface area contributed by atoms with Crippen LogP contribution in [0.2, 0.25) is 0 Å². The molecule has 1 rings (SSSR count). The standard InChI is InChI=1S/C11H17ClN2/c1-8(2)4-5-11-13-9(3)6-10(7-12)14-11/h6,8H,4-5,7H2,1-3H3. The molecule has 0 aromatic carbocycles. The van der Waals surface area contributed by atoms with Crippen molar-refractivity contribution >= 4 is 11.6 Å². The number of halogens is 1. The SMILES string of the molecule is Cc1cc(CCl)nc(CCC(C)C)n1. The Balaban J connectivity index is 2.71. The van der Waals surface area contributed by atoms with Crippen molar-refractivity contribution in [3.63, 3.8) is 0 Å². The van der Waals surface area contributed by atoms with Crippen LogP contribution in [0.25, 0.3) is 0 Å². The zero-order chi connectivity index (χ0) is 10.6. The molecule has 0 saturated carbocycles. The molecule has 0 aliphatic carbocycles. The van der Waals surface area contributed by atoms with Crippen LogP contribution in [-0.4, -0.2) is 9.97 Å². The summed E-state index contributed by atoms with van der Waals surface area (Å²) in [4.78, 5) is 8.76. The smallest absolute Gasteiger partial charge is 0.128 e. The van der Waals surface area contributed by atoms with E-state index in [9.17, 15) is 0 Å². The van der Waals surface area contributed by atoms with Crippen molar-refractivity contribution in [2.75, 3.05) is 0 Å². The van der Waals surface area contributed by atoms with Crippen molar-refractivity contribution in [3.05, 3.63) is 23.3 Å². The van der Waals surface area contributed by atoms with Gasteiger partial charge >= 0.3 is 0 Å². The summed E-state index contributed by atoms with van der Waals surface area (Å²) in [5, 5.41) is 0. The van der Waals surface area contributed by atoms with Crippen LogP contribution in [0.1, 0.15) is 37.5 Å². The number of alkyl halides is 1. The summed E-state index contributed by atoms with van der Waals surface area (Å²) >= 11 is 5.74. The summed E-state index contributed by atoms with van der Waals surface area (Å²) in [6.45, 7) is 6.40. The maximum Gasteiger partial charge on any atom is 0.128 e. The van der Waals surface area contributed by atoms with E-state index in [0.29, 0.717) is 11.8 Å². The number of aromatic nitrogens is 2. The lowest BCUT2D eigenvalue weighted by Gasteiger charge is -2.05. The maximum atomic E-state index is 5.74. The fourth-order valence-corrected chi connectivity index (χ4v) is 1.43. The van der Waals surface area contributed by atoms with E-state index in [1.54, 1.807) is 0 Å². The van der Waals surface area contributed by atoms with Crippen molar-refractivity contribution in [3.8, 4) is 0 Å². The van der Waals surface area contributed by atoms with Gasteiger partial charge in [-0.2, -0.15) is 0 Å². The number of rotatable bonds is 4. The number of hydrogen-bond donors (Lipinski definition) is 0. The molecule has 0 spiro atoms. The van der Waals surface area contributed by atoms with Crippen molar-refractivity contribution in [2.24, 2.45) is 5.92 Å². The van der Waals surface area contributed by atoms with Crippen LogP contribution in [0.5, 0.6) is 0 Å². The minimum atomic E-state index is 0.470. The van der Waals surface area contributed by atoms with Crippen LogP contribution >= 0.6 is 11.6 Å². The van der Waals surface area contributed by atoms with E-state index in [-0.39, 0.29) is 0 Å². The van der Waals surface area contributed by atoms with E-state index in [1.807, 2.05) is 13.0 Å². The van der Waals surface area contributed by atoms with Crippen molar-refractivity contribution in [2.45, 2.75) is 39.5 Å². The van der Waals surface area contributed by atoms with Gasteiger partial charge in [-0.25, -0.2) is 9.97 Å². The minimum absolute atomic E-state index is 0.470. The summed E-state index contributed by atoms with van der Waals surface area (Å²) in [7, 11) is 0. The van der Waals surface area contributed by atoms with Crippen molar-refractivity contribution in [1.82, 2.24) is 9.97 Å². The number of nitrogens with zero attached hydrogens (tertiary/aromatic N) is 2. The van der Waals surface area contributed by atoms with E-state index >= 15 is 0 Å². The molecule has 0 unspecified atom stereocenters. The Morgan fingerprint density at radius 1 is 1.36 bits per heavy atom. The zero-order valence-electron chi connectivity index (χ0n) is 9.05. The topological polar surface area (TPSA) is 25.8 Å². The Bertz CT molecular complexity index is 297. The monoisotopic (exact) mass is 212 g/mol. The van der Waals surface area contributed by atoms with Crippen LogP contribution < -0.4 is 0 Å². The molecule has 0 N–H and O–H groups in total. The summed E-state index contributed by atoms with van der Waals surface area (Å²) in [5.74, 6) is 2.09. The van der Waals surface area contributed by atoms with Gasteiger partial charge in [-0.05, 0) is 25.3 Å². The van der Waals surface area contributed by atoms with Gasteiger partial charge in [0.1, 0.15) is 5.82 Å². The van der Waals surface area contributed by atoms with Gasteiger partial charge in [0.15, 0.2) is 0 Å². The normalized spacial score (nSPS) is 10.9. The predicted molar refractivity (Wildman–Crippen MR) is 59.5 cm³/mol. The van der Waals surface area contributed by atoms with Gasteiger partial charge in [0.2, 0.25) is 0 Å². The first-order valence-corrected chi connectivity index (χ1v) is 5.54. The largest absolute Gasteiger partial charge is 0.238 e. The molecule has 0 fully saturated rings. The number of hydrogen-bond acceptors (Lipinski definition) is 2. The Hall–Kier alpha value is -0.630. The predicted octanol–water partition coefficient (Wildman–Crippen LogP) is 3.11. The second-order valence-electron chi connectivity index (χ2n) is 3.98. The molecule has 0 radical (unpaired) electrons. The fraction of sp³-hybridized carbons (Fsp3) is 0.636. The molecule has 1 aromatic rings. The third kappa shape index (κ3) is 3.62. The second-order valence-corrected chi connectivity index (χ2v) is 4.25. The van der Waals surface area contributed by atoms with Gasteiger partial charge in [-0.15, -0.1) is 11.6 Å². The van der Waals surface area contributed by atoms with Crippen LogP contribution in [0.3, 0.4) is 0 Å². The average molecular weight is 213 g/mol. The zero-order valence-corrected chi connectivity index (χ0v) is 9.80. The lowest BCUT2D eigenvalue weighted by Crippen LogP contribution is -2.02. The Labute approximate surface area is 90.7 Å². The molecule has 0 bridgehead atoms. The van der Waals surface area contributed by atoms with Gasteiger partial charge < -0.3 is 0 Å². The van der Waals surface area contributed by atoms with E-state index in [4.69, 9.17) is 11.6 Å². The highest BCUT2D eigenvalue weighted by Crippen LogP contribution is 2.08. The highest BCUT2D eigenvalue weighted by molar-refractivity contribution is 6.16. The summed E-state index contributed by atoms with van der Waals surface area (Å²) in [6, 6.07) is 1.94. The van der Waals surface area contributed by atoms with Gasteiger partial charge in [0, 0.05) is 12.1 Å². The van der Waals surface area contributed by atoms with Gasteiger partial charge in [0.05, 0.1) is 11.6 Å². The van der Waals surface area contributed by atoms with E-state index in [0.717, 1.165) is 30.1 Å². The number of aryl methyl sites for hydroxylation is 2. The molecule has 1 heterocycles. The molecule has 0 aliphatic rings. The third-order valence-corrected chi connectivity index (χ3v) is 2.31. The van der Waals surface area contributed by atoms with Crippen LogP contribution in [-0.2, 0) is 12.3 Å². The first kappa shape index (κ1) is 11.4. The van der Waals surface area contributed by atoms with Crippen LogP contribution in [0.15, 0.2) is 6.07 Å². The van der Waals surface area contributed by atoms with E-state index in [1.165, 1.54) is 0 Å². The molecule has 3 heteroatoms. The molecule has 1 aromatic heterocycles. The highest BCUT2D eigenvalue weighted by Gasteiger charge is 2.02. The van der Waals surface area contributed by atoms with Crippen molar-refractivity contribution in [1.29, 1.82) is 0 Å². The molecular weight excluding hydrogens is 196 g/mol. The molecule has 0 amide bonds. The quantitative estimate of drug-likeness (QED) is 0.717. The highest BCUT2D eigenvalue weighted by atomic mass is 35.5. The minimum Gasteiger partial charge on any atom is -0.238 e. The van der Waals surface area contributed by atoms with Crippen LogP contribution in [0.4, 0.5) is 0 Å².